The zero-order valence-electron chi connectivity index (χ0n) is 18.8. The van der Waals surface area contributed by atoms with Crippen molar-refractivity contribution in [2.24, 2.45) is 0 Å². The minimum atomic E-state index is -1.22. The zero-order chi connectivity index (χ0) is 23.6. The second-order valence-electron chi connectivity index (χ2n) is 8.48. The Bertz CT molecular complexity index is 1270. The van der Waals surface area contributed by atoms with Gasteiger partial charge < -0.3 is 9.88 Å². The van der Waals surface area contributed by atoms with Gasteiger partial charge in [0, 0.05) is 29.2 Å². The summed E-state index contributed by atoms with van der Waals surface area (Å²) in [6.07, 6.45) is 3.98. The molecule has 2 aromatic carbocycles. The maximum Gasteiger partial charge on any atom is 0.325 e. The minimum absolute atomic E-state index is 0.314. The molecule has 1 saturated heterocycles. The Labute approximate surface area is 192 Å². The van der Waals surface area contributed by atoms with E-state index in [4.69, 9.17) is 5.26 Å². The predicted octanol–water partition coefficient (Wildman–Crippen LogP) is 4.16. The van der Waals surface area contributed by atoms with Crippen LogP contribution >= 0.6 is 0 Å². The second kappa shape index (κ2) is 8.91. The average molecular weight is 443 g/mol. The molecule has 1 aliphatic rings. The first-order valence-corrected chi connectivity index (χ1v) is 11.1. The summed E-state index contributed by atoms with van der Waals surface area (Å²) in [5.41, 5.74) is 1.90. The van der Waals surface area contributed by atoms with E-state index in [1.807, 2.05) is 53.1 Å². The van der Waals surface area contributed by atoms with E-state index in [-0.39, 0.29) is 12.3 Å². The average Bonchev–Trinajstić information content (AvgIpc) is 3.29. The number of nitrogens with zero attached hydrogens (tertiary/aromatic N) is 3. The molecular weight excluding hydrogens is 416 g/mol. The Balaban J connectivity index is 1.58. The molecule has 7 heteroatoms. The lowest BCUT2D eigenvalue weighted by molar-refractivity contribution is -0.130. The number of Topliss-reactive ketones (excluding diaryl/α,β-unsaturated/α-hetero) is 1. The van der Waals surface area contributed by atoms with Crippen molar-refractivity contribution in [3.63, 3.8) is 0 Å². The van der Waals surface area contributed by atoms with E-state index in [0.29, 0.717) is 24.1 Å². The van der Waals surface area contributed by atoms with Crippen molar-refractivity contribution in [2.45, 2.75) is 45.2 Å². The van der Waals surface area contributed by atoms with Crippen molar-refractivity contribution < 1.29 is 14.4 Å². The van der Waals surface area contributed by atoms with Crippen LogP contribution in [0.3, 0.4) is 0 Å². The molecular formula is C26H26N4O3. The zero-order valence-corrected chi connectivity index (χ0v) is 18.8. The topological polar surface area (TPSA) is 95.2 Å². The molecule has 0 unspecified atom stereocenters. The molecule has 0 bridgehead atoms. The van der Waals surface area contributed by atoms with Crippen molar-refractivity contribution in [3.8, 4) is 6.07 Å². The molecule has 1 atom stereocenters. The Hall–Kier alpha value is -3.92. The molecule has 4 rings (SSSR count). The quantitative estimate of drug-likeness (QED) is 0.419. The molecule has 0 radical (unpaired) electrons. The molecule has 1 N–H and O–H groups in total. The number of carbonyl (C=O) groups excluding carboxylic acids is 3. The molecule has 1 aromatic heterocycles. The first-order valence-electron chi connectivity index (χ1n) is 11.1. The van der Waals surface area contributed by atoms with Crippen LogP contribution in [0, 0.1) is 11.3 Å². The van der Waals surface area contributed by atoms with Crippen LogP contribution < -0.4 is 5.32 Å². The molecule has 3 aromatic rings. The molecule has 0 aliphatic carbocycles. The largest absolute Gasteiger partial charge is 0.346 e. The summed E-state index contributed by atoms with van der Waals surface area (Å²) in [4.78, 5) is 40.2. The van der Waals surface area contributed by atoms with Crippen LogP contribution in [0.4, 0.5) is 4.79 Å². The van der Waals surface area contributed by atoms with Gasteiger partial charge in [0.2, 0.25) is 0 Å². The van der Waals surface area contributed by atoms with E-state index in [0.717, 1.165) is 28.6 Å². The normalized spacial score (nSPS) is 17.9. The number of para-hydroxylation sites is 1. The van der Waals surface area contributed by atoms with Crippen molar-refractivity contribution >= 4 is 28.6 Å². The number of nitriles is 1. The van der Waals surface area contributed by atoms with Gasteiger partial charge in [-0.15, -0.1) is 0 Å². The third-order valence-electron chi connectivity index (χ3n) is 6.20. The number of urea groups is 1. The van der Waals surface area contributed by atoms with E-state index in [9.17, 15) is 14.4 Å². The fourth-order valence-corrected chi connectivity index (χ4v) is 4.38. The summed E-state index contributed by atoms with van der Waals surface area (Å²) in [6, 6.07) is 16.6. The highest BCUT2D eigenvalue weighted by Gasteiger charge is 2.49. The number of ketones is 1. The fraction of sp³-hybridized carbons (Fsp3) is 0.308. The number of hydrogen-bond donors (Lipinski definition) is 1. The number of imide groups is 1. The lowest BCUT2D eigenvalue weighted by atomic mass is 9.91. The van der Waals surface area contributed by atoms with Gasteiger partial charge >= 0.3 is 6.03 Å². The molecule has 1 aliphatic heterocycles. The molecule has 168 valence electrons. The monoisotopic (exact) mass is 442 g/mol. The van der Waals surface area contributed by atoms with Crippen LogP contribution in [0.2, 0.25) is 0 Å². The van der Waals surface area contributed by atoms with Crippen molar-refractivity contribution in [1.29, 1.82) is 5.26 Å². The highest BCUT2D eigenvalue weighted by atomic mass is 16.2. The van der Waals surface area contributed by atoms with E-state index in [2.05, 4.69) is 18.3 Å². The minimum Gasteiger partial charge on any atom is -0.346 e. The number of aromatic nitrogens is 1. The fourth-order valence-electron chi connectivity index (χ4n) is 4.38. The number of carbonyl (C=O) groups is 3. The number of amides is 3. The maximum absolute atomic E-state index is 13.3. The number of aryl methyl sites for hydroxylation is 2. The summed E-state index contributed by atoms with van der Waals surface area (Å²) in [5.74, 6) is -0.773. The van der Waals surface area contributed by atoms with Gasteiger partial charge in [-0.2, -0.15) is 5.26 Å². The standard InChI is InChI=1S/C26H26N4O3/c1-3-7-18-10-12-19(13-11-18)26(2)24(32)30(25(33)28-26)17-23(31)21-16-29(15-6-14-27)22-9-5-4-8-20(21)22/h4-5,8-13,16H,3,6-7,15,17H2,1-2H3,(H,28,33)/t26-/m1/s1. The molecule has 33 heavy (non-hydrogen) atoms. The molecule has 2 heterocycles. The van der Waals surface area contributed by atoms with Crippen LogP contribution in [-0.4, -0.2) is 33.7 Å². The Kier molecular flexibility index (Phi) is 6.01. The van der Waals surface area contributed by atoms with Gasteiger partial charge in [-0.1, -0.05) is 55.8 Å². The van der Waals surface area contributed by atoms with E-state index < -0.39 is 17.5 Å². The van der Waals surface area contributed by atoms with Crippen LogP contribution in [0.15, 0.2) is 54.7 Å². The van der Waals surface area contributed by atoms with Crippen molar-refractivity contribution in [1.82, 2.24) is 14.8 Å². The van der Waals surface area contributed by atoms with Gasteiger partial charge in [0.25, 0.3) is 5.91 Å². The van der Waals surface area contributed by atoms with Crippen molar-refractivity contribution in [3.05, 3.63) is 71.4 Å². The van der Waals surface area contributed by atoms with Gasteiger partial charge in [-0.05, 0) is 30.5 Å². The number of fused-ring (bicyclic) bond motifs is 1. The Morgan fingerprint density at radius 2 is 1.85 bits per heavy atom. The lowest BCUT2D eigenvalue weighted by Crippen LogP contribution is -2.41. The van der Waals surface area contributed by atoms with Gasteiger partial charge in [-0.25, -0.2) is 4.79 Å². The highest BCUT2D eigenvalue weighted by Crippen LogP contribution is 2.30. The summed E-state index contributed by atoms with van der Waals surface area (Å²) in [7, 11) is 0. The third-order valence-corrected chi connectivity index (χ3v) is 6.20. The van der Waals surface area contributed by atoms with Gasteiger partial charge in [0.1, 0.15) is 5.54 Å². The second-order valence-corrected chi connectivity index (χ2v) is 8.48. The van der Waals surface area contributed by atoms with E-state index in [1.54, 1.807) is 13.1 Å². The maximum atomic E-state index is 13.3. The van der Waals surface area contributed by atoms with Gasteiger partial charge in [0.05, 0.1) is 19.0 Å². The molecule has 0 saturated carbocycles. The Morgan fingerprint density at radius 1 is 1.12 bits per heavy atom. The smallest absolute Gasteiger partial charge is 0.325 e. The molecule has 1 fully saturated rings. The summed E-state index contributed by atoms with van der Waals surface area (Å²) in [6.45, 7) is 3.88. The Morgan fingerprint density at radius 3 is 2.55 bits per heavy atom. The summed E-state index contributed by atoms with van der Waals surface area (Å²) < 4.78 is 1.86. The number of hydrogen-bond acceptors (Lipinski definition) is 4. The summed E-state index contributed by atoms with van der Waals surface area (Å²) >= 11 is 0. The predicted molar refractivity (Wildman–Crippen MR) is 125 cm³/mol. The summed E-state index contributed by atoms with van der Waals surface area (Å²) in [5, 5.41) is 12.4. The van der Waals surface area contributed by atoms with Crippen LogP contribution in [0.1, 0.15) is 48.2 Å². The van der Waals surface area contributed by atoms with Crippen LogP contribution in [0.5, 0.6) is 0 Å². The molecule has 0 spiro atoms. The first-order chi connectivity index (χ1) is 15.9. The van der Waals surface area contributed by atoms with Crippen molar-refractivity contribution in [2.75, 3.05) is 6.54 Å². The molecule has 3 amide bonds. The van der Waals surface area contributed by atoms with Crippen LogP contribution in [-0.2, 0) is 23.3 Å². The third kappa shape index (κ3) is 4.00. The number of benzene rings is 2. The van der Waals surface area contributed by atoms with E-state index >= 15 is 0 Å². The first kappa shape index (κ1) is 22.3. The highest BCUT2D eigenvalue weighted by molar-refractivity contribution is 6.14. The molecule has 7 nitrogen and oxygen atoms in total. The van der Waals surface area contributed by atoms with Gasteiger partial charge in [-0.3, -0.25) is 14.5 Å². The number of nitrogens with one attached hydrogen (secondary N) is 1. The van der Waals surface area contributed by atoms with E-state index in [1.165, 1.54) is 5.56 Å². The lowest BCUT2D eigenvalue weighted by Gasteiger charge is -2.22. The van der Waals surface area contributed by atoms with Gasteiger partial charge in [0.15, 0.2) is 5.78 Å². The van der Waals surface area contributed by atoms with Crippen LogP contribution in [0.25, 0.3) is 10.9 Å². The number of rotatable bonds is 8. The SMILES string of the molecule is CCCc1ccc([C@@]2(C)NC(=O)N(CC(=O)c3cn(CCC#N)c4ccccc34)C2=O)cc1.